The highest BCUT2D eigenvalue weighted by molar-refractivity contribution is 7.10. The standard InChI is InChI=1S/C17H15N2OS/c20-19-10-6-13(7-11-19)15-12-21-16(18-15)17(8-9-17)14-4-2-1-3-5-14/h1-7,10-12,20H,8-9H2/q+1. The summed E-state index contributed by atoms with van der Waals surface area (Å²) in [5, 5.41) is 12.6. The average Bonchev–Trinajstić information content (AvgIpc) is 3.20. The monoisotopic (exact) mass is 295 g/mol. The van der Waals surface area contributed by atoms with Crippen LogP contribution in [0.1, 0.15) is 23.4 Å². The van der Waals surface area contributed by atoms with Crippen LogP contribution in [0, 0.1) is 0 Å². The van der Waals surface area contributed by atoms with Crippen molar-refractivity contribution in [2.45, 2.75) is 18.3 Å². The maximum atomic E-state index is 9.30. The molecule has 0 aliphatic heterocycles. The average molecular weight is 295 g/mol. The smallest absolute Gasteiger partial charge is 0.222 e. The molecule has 1 saturated carbocycles. The van der Waals surface area contributed by atoms with Crippen molar-refractivity contribution in [3.63, 3.8) is 0 Å². The van der Waals surface area contributed by atoms with Crippen LogP contribution in [0.5, 0.6) is 0 Å². The van der Waals surface area contributed by atoms with Crippen molar-refractivity contribution >= 4 is 11.3 Å². The van der Waals surface area contributed by atoms with Crippen molar-refractivity contribution < 1.29 is 9.94 Å². The Bertz CT molecular complexity index is 761. The molecule has 1 fully saturated rings. The van der Waals surface area contributed by atoms with Crippen LogP contribution in [0.25, 0.3) is 11.3 Å². The number of pyridine rings is 1. The van der Waals surface area contributed by atoms with E-state index in [-0.39, 0.29) is 5.41 Å². The van der Waals surface area contributed by atoms with Crippen molar-refractivity contribution in [3.05, 3.63) is 70.8 Å². The molecule has 2 heterocycles. The Hall–Kier alpha value is -2.20. The molecule has 0 unspecified atom stereocenters. The minimum atomic E-state index is 0.135. The molecule has 4 heteroatoms. The van der Waals surface area contributed by atoms with Gasteiger partial charge in [-0.15, -0.1) is 11.3 Å². The highest BCUT2D eigenvalue weighted by atomic mass is 32.1. The molecular weight excluding hydrogens is 280 g/mol. The van der Waals surface area contributed by atoms with Gasteiger partial charge in [0.2, 0.25) is 12.4 Å². The summed E-state index contributed by atoms with van der Waals surface area (Å²) >= 11 is 1.73. The van der Waals surface area contributed by atoms with Crippen molar-refractivity contribution in [1.29, 1.82) is 0 Å². The fraction of sp³-hybridized carbons (Fsp3) is 0.176. The van der Waals surface area contributed by atoms with Crippen LogP contribution in [-0.4, -0.2) is 10.2 Å². The van der Waals surface area contributed by atoms with Crippen LogP contribution in [-0.2, 0) is 5.41 Å². The maximum Gasteiger partial charge on any atom is 0.222 e. The molecule has 4 rings (SSSR count). The summed E-state index contributed by atoms with van der Waals surface area (Å²) < 4.78 is 1.04. The summed E-state index contributed by atoms with van der Waals surface area (Å²) in [7, 11) is 0. The van der Waals surface area contributed by atoms with Crippen LogP contribution in [0.15, 0.2) is 60.2 Å². The van der Waals surface area contributed by atoms with Gasteiger partial charge in [0.1, 0.15) is 5.01 Å². The molecule has 3 aromatic rings. The summed E-state index contributed by atoms with van der Waals surface area (Å²) in [5.41, 5.74) is 3.52. The first-order valence-electron chi connectivity index (χ1n) is 7.00. The van der Waals surface area contributed by atoms with Crippen molar-refractivity contribution in [2.75, 3.05) is 0 Å². The normalized spacial score (nSPS) is 15.8. The van der Waals surface area contributed by atoms with Gasteiger partial charge in [-0.1, -0.05) is 30.3 Å². The quantitative estimate of drug-likeness (QED) is 0.594. The molecule has 1 aromatic carbocycles. The highest BCUT2D eigenvalue weighted by Gasteiger charge is 2.48. The Morgan fingerprint density at radius 2 is 1.76 bits per heavy atom. The lowest BCUT2D eigenvalue weighted by Gasteiger charge is -2.12. The second-order valence-electron chi connectivity index (χ2n) is 5.45. The van der Waals surface area contributed by atoms with Gasteiger partial charge in [0.25, 0.3) is 0 Å². The number of benzene rings is 1. The largest absolute Gasteiger partial charge is 0.285 e. The molecule has 2 aromatic heterocycles. The summed E-state index contributed by atoms with van der Waals surface area (Å²) in [4.78, 5) is 4.85. The zero-order chi connectivity index (χ0) is 14.3. The van der Waals surface area contributed by atoms with Gasteiger partial charge in [-0.05, 0) is 18.4 Å². The molecule has 0 bridgehead atoms. The van der Waals surface area contributed by atoms with E-state index >= 15 is 0 Å². The van der Waals surface area contributed by atoms with E-state index in [9.17, 15) is 5.21 Å². The molecule has 0 saturated heterocycles. The van der Waals surface area contributed by atoms with E-state index in [0.29, 0.717) is 0 Å². The van der Waals surface area contributed by atoms with E-state index in [4.69, 9.17) is 4.98 Å². The number of thiazole rings is 1. The van der Waals surface area contributed by atoms with Crippen molar-refractivity contribution in [3.8, 4) is 11.3 Å². The van der Waals surface area contributed by atoms with E-state index in [1.807, 2.05) is 12.1 Å². The summed E-state index contributed by atoms with van der Waals surface area (Å²) in [6, 6.07) is 14.4. The molecule has 1 aliphatic rings. The molecular formula is C17H15N2OS+. The lowest BCUT2D eigenvalue weighted by atomic mass is 9.97. The molecule has 104 valence electrons. The second kappa shape index (κ2) is 4.67. The molecule has 21 heavy (non-hydrogen) atoms. The molecule has 1 aliphatic carbocycles. The maximum absolute atomic E-state index is 9.30. The number of hydrogen-bond donors (Lipinski definition) is 1. The third-order valence-electron chi connectivity index (χ3n) is 4.10. The Morgan fingerprint density at radius 1 is 1.05 bits per heavy atom. The van der Waals surface area contributed by atoms with Gasteiger partial charge >= 0.3 is 0 Å². The van der Waals surface area contributed by atoms with Gasteiger partial charge in [-0.25, -0.2) is 4.98 Å². The first-order valence-corrected chi connectivity index (χ1v) is 7.88. The SMILES string of the molecule is O[n+]1ccc(-c2csc(C3(c4ccccc4)CC3)n2)cc1. The topological polar surface area (TPSA) is 37.0 Å². The number of rotatable bonds is 3. The van der Waals surface area contributed by atoms with E-state index in [1.165, 1.54) is 23.4 Å². The minimum Gasteiger partial charge on any atom is -0.285 e. The highest BCUT2D eigenvalue weighted by Crippen LogP contribution is 2.54. The molecule has 0 spiro atoms. The van der Waals surface area contributed by atoms with Gasteiger partial charge in [0.15, 0.2) is 0 Å². The van der Waals surface area contributed by atoms with Crippen LogP contribution in [0.3, 0.4) is 0 Å². The van der Waals surface area contributed by atoms with E-state index < -0.39 is 0 Å². The fourth-order valence-electron chi connectivity index (χ4n) is 2.72. The van der Waals surface area contributed by atoms with Gasteiger partial charge < -0.3 is 0 Å². The number of aromatic nitrogens is 2. The predicted molar refractivity (Wildman–Crippen MR) is 81.4 cm³/mol. The van der Waals surface area contributed by atoms with Crippen LogP contribution >= 0.6 is 11.3 Å². The zero-order valence-electron chi connectivity index (χ0n) is 11.4. The van der Waals surface area contributed by atoms with Gasteiger partial charge in [0, 0.05) is 33.2 Å². The molecule has 1 N–H and O–H groups in total. The molecule has 0 amide bonds. The van der Waals surface area contributed by atoms with E-state index in [0.717, 1.165) is 16.0 Å². The Morgan fingerprint density at radius 3 is 2.43 bits per heavy atom. The van der Waals surface area contributed by atoms with Crippen molar-refractivity contribution in [1.82, 2.24) is 4.98 Å². The second-order valence-corrected chi connectivity index (χ2v) is 6.31. The Labute approximate surface area is 127 Å². The summed E-state index contributed by atoms with van der Waals surface area (Å²) in [6.07, 6.45) is 5.60. The minimum absolute atomic E-state index is 0.135. The van der Waals surface area contributed by atoms with Crippen LogP contribution in [0.4, 0.5) is 0 Å². The molecule has 0 atom stereocenters. The molecule has 0 radical (unpaired) electrons. The van der Waals surface area contributed by atoms with Crippen molar-refractivity contribution in [2.24, 2.45) is 0 Å². The van der Waals surface area contributed by atoms with Gasteiger partial charge in [-0.3, -0.25) is 5.21 Å². The van der Waals surface area contributed by atoms with E-state index in [1.54, 1.807) is 23.7 Å². The third-order valence-corrected chi connectivity index (χ3v) is 5.15. The van der Waals surface area contributed by atoms with Crippen LogP contribution in [0.2, 0.25) is 0 Å². The summed E-state index contributed by atoms with van der Waals surface area (Å²) in [5.74, 6) is 0. The van der Waals surface area contributed by atoms with E-state index in [2.05, 4.69) is 35.7 Å². The van der Waals surface area contributed by atoms with Crippen LogP contribution < -0.4 is 4.73 Å². The predicted octanol–water partition coefficient (Wildman–Crippen LogP) is 3.41. The Balaban J connectivity index is 1.70. The summed E-state index contributed by atoms with van der Waals surface area (Å²) in [6.45, 7) is 0. The zero-order valence-corrected chi connectivity index (χ0v) is 12.3. The number of hydrogen-bond acceptors (Lipinski definition) is 3. The number of nitrogens with zero attached hydrogens (tertiary/aromatic N) is 2. The Kier molecular flexibility index (Phi) is 2.79. The first-order chi connectivity index (χ1) is 10.3. The fourth-order valence-corrected chi connectivity index (χ4v) is 3.83. The first kappa shape index (κ1) is 12.5. The van der Waals surface area contributed by atoms with Gasteiger partial charge in [0.05, 0.1) is 5.69 Å². The third kappa shape index (κ3) is 2.12. The molecule has 3 nitrogen and oxygen atoms in total. The lowest BCUT2D eigenvalue weighted by molar-refractivity contribution is -0.904. The lowest BCUT2D eigenvalue weighted by Crippen LogP contribution is -2.27. The van der Waals surface area contributed by atoms with Gasteiger partial charge in [-0.2, -0.15) is 0 Å².